The van der Waals surface area contributed by atoms with Gasteiger partial charge in [-0.1, -0.05) is 12.1 Å². The molecule has 1 fully saturated rings. The number of aromatic nitrogens is 1. The lowest BCUT2D eigenvalue weighted by molar-refractivity contribution is -0.140. The van der Waals surface area contributed by atoms with E-state index in [1.807, 2.05) is 12.1 Å². The average Bonchev–Trinajstić information content (AvgIpc) is 3.58. The van der Waals surface area contributed by atoms with Gasteiger partial charge in [0.05, 0.1) is 5.56 Å². The van der Waals surface area contributed by atoms with Gasteiger partial charge in [-0.2, -0.15) is 13.2 Å². The number of pyridine rings is 1. The average molecular weight is 457 g/mol. The number of alkyl halides is 3. The van der Waals surface area contributed by atoms with Crippen LogP contribution in [0.3, 0.4) is 0 Å². The quantitative estimate of drug-likeness (QED) is 0.492. The van der Waals surface area contributed by atoms with E-state index in [1.54, 1.807) is 23.1 Å². The summed E-state index contributed by atoms with van der Waals surface area (Å²) in [5.74, 6) is -0.300. The highest BCUT2D eigenvalue weighted by Crippen LogP contribution is 2.35. The zero-order chi connectivity index (χ0) is 23.2. The Bertz CT molecular complexity index is 1220. The molecule has 1 saturated carbocycles. The summed E-state index contributed by atoms with van der Waals surface area (Å²) in [7, 11) is 0. The number of fused-ring (bicyclic) bond motifs is 1. The molecule has 0 atom stereocenters. The second-order valence-electron chi connectivity index (χ2n) is 8.07. The molecule has 9 heteroatoms. The van der Waals surface area contributed by atoms with Crippen molar-refractivity contribution in [3.8, 4) is 11.5 Å². The number of ether oxygens (including phenoxy) is 1. The first-order valence-corrected chi connectivity index (χ1v) is 10.5. The van der Waals surface area contributed by atoms with Gasteiger partial charge in [-0.05, 0) is 61.2 Å². The van der Waals surface area contributed by atoms with Gasteiger partial charge in [0.1, 0.15) is 29.0 Å². The lowest BCUT2D eigenvalue weighted by atomic mass is 9.98. The second-order valence-corrected chi connectivity index (χ2v) is 8.07. The smallest absolute Gasteiger partial charge is 0.419 e. The van der Waals surface area contributed by atoms with Gasteiger partial charge in [-0.25, -0.2) is 9.37 Å². The summed E-state index contributed by atoms with van der Waals surface area (Å²) in [4.78, 5) is 19.3. The molecule has 0 radical (unpaired) electrons. The fourth-order valence-corrected chi connectivity index (χ4v) is 3.75. The van der Waals surface area contributed by atoms with Gasteiger partial charge in [0.15, 0.2) is 0 Å². The van der Waals surface area contributed by atoms with Crippen molar-refractivity contribution in [1.29, 1.82) is 0 Å². The summed E-state index contributed by atoms with van der Waals surface area (Å²) in [5.41, 5.74) is -0.125. The van der Waals surface area contributed by atoms with Crippen LogP contribution in [0.1, 0.15) is 34.3 Å². The molecule has 3 aromatic rings. The highest BCUT2D eigenvalue weighted by atomic mass is 19.4. The van der Waals surface area contributed by atoms with Crippen LogP contribution < -0.4 is 15.0 Å². The zero-order valence-electron chi connectivity index (χ0n) is 17.3. The Hall–Kier alpha value is -3.62. The van der Waals surface area contributed by atoms with E-state index in [1.165, 1.54) is 6.07 Å². The lowest BCUT2D eigenvalue weighted by Gasteiger charge is -2.28. The fourth-order valence-electron chi connectivity index (χ4n) is 3.75. The molecule has 170 valence electrons. The van der Waals surface area contributed by atoms with Gasteiger partial charge < -0.3 is 10.1 Å². The number of hydrogen-bond acceptors (Lipinski definition) is 4. The minimum Gasteiger partial charge on any atom is -0.457 e. The molecule has 0 unspecified atom stereocenters. The Balaban J connectivity index is 1.37. The number of nitrogens with zero attached hydrogens (tertiary/aromatic N) is 2. The summed E-state index contributed by atoms with van der Waals surface area (Å²) in [6, 6.07) is 13.1. The predicted octanol–water partition coefficient (Wildman–Crippen LogP) is 5.81. The van der Waals surface area contributed by atoms with Crippen LogP contribution in [0.2, 0.25) is 0 Å². The third kappa shape index (κ3) is 4.48. The van der Waals surface area contributed by atoms with Gasteiger partial charge >= 0.3 is 6.18 Å². The maximum atomic E-state index is 13.9. The monoisotopic (exact) mass is 457 g/mol. The number of nitrogens with one attached hydrogen (secondary N) is 1. The molecule has 5 nitrogen and oxygen atoms in total. The number of amides is 1. The summed E-state index contributed by atoms with van der Waals surface area (Å²) in [6.07, 6.45) is -1.97. The van der Waals surface area contributed by atoms with E-state index in [0.29, 0.717) is 42.5 Å². The molecule has 2 aliphatic rings. The van der Waals surface area contributed by atoms with Crippen molar-refractivity contribution in [2.45, 2.75) is 31.5 Å². The Morgan fingerprint density at radius 1 is 1.03 bits per heavy atom. The first-order valence-electron chi connectivity index (χ1n) is 10.5. The van der Waals surface area contributed by atoms with Crippen LogP contribution in [0.5, 0.6) is 11.5 Å². The Labute approximate surface area is 187 Å². The summed E-state index contributed by atoms with van der Waals surface area (Å²) >= 11 is 0. The molecular formula is C24H19F4N3O2. The standard InChI is InChI=1S/C24H19F4N3O2/c25-20-13-17(8-9-19(20)24(26,27)28)33-16-7-4-14-10-11-31(23(32)18(14)12-16)22-3-1-2-21(30-22)29-15-5-6-15/h1-4,7-9,12-13,15H,5-6,10-11H2,(H,29,30). The van der Waals surface area contributed by atoms with Crippen molar-refractivity contribution < 1.29 is 27.1 Å². The number of rotatable bonds is 5. The predicted molar refractivity (Wildman–Crippen MR) is 114 cm³/mol. The molecule has 0 saturated heterocycles. The van der Waals surface area contributed by atoms with Crippen LogP contribution in [0, 0.1) is 5.82 Å². The number of benzene rings is 2. The third-order valence-electron chi connectivity index (χ3n) is 5.58. The Morgan fingerprint density at radius 3 is 2.52 bits per heavy atom. The van der Waals surface area contributed by atoms with E-state index >= 15 is 0 Å². The van der Waals surface area contributed by atoms with E-state index in [2.05, 4.69) is 10.3 Å². The Kier molecular flexibility index (Phi) is 5.19. The number of halogens is 4. The normalized spacial score (nSPS) is 15.9. The molecule has 1 aromatic heterocycles. The minimum absolute atomic E-state index is 0.0962. The van der Waals surface area contributed by atoms with Crippen LogP contribution in [0.15, 0.2) is 54.6 Å². The molecule has 1 aliphatic carbocycles. The Morgan fingerprint density at radius 2 is 1.79 bits per heavy atom. The van der Waals surface area contributed by atoms with Gasteiger partial charge in [0, 0.05) is 24.2 Å². The van der Waals surface area contributed by atoms with Gasteiger partial charge in [0.2, 0.25) is 0 Å². The SMILES string of the molecule is O=C1c2cc(Oc3ccc(C(F)(F)F)c(F)c3)ccc2CCN1c1cccc(NC2CC2)n1. The molecule has 5 rings (SSSR count). The minimum atomic E-state index is -4.79. The highest BCUT2D eigenvalue weighted by Gasteiger charge is 2.34. The van der Waals surface area contributed by atoms with E-state index in [9.17, 15) is 22.4 Å². The van der Waals surface area contributed by atoms with E-state index < -0.39 is 17.6 Å². The van der Waals surface area contributed by atoms with Crippen LogP contribution >= 0.6 is 0 Å². The molecule has 2 aromatic carbocycles. The maximum absolute atomic E-state index is 13.9. The third-order valence-corrected chi connectivity index (χ3v) is 5.58. The number of carbonyl (C=O) groups is 1. The van der Waals surface area contributed by atoms with E-state index in [0.717, 1.165) is 30.3 Å². The van der Waals surface area contributed by atoms with E-state index in [-0.39, 0.29) is 17.4 Å². The van der Waals surface area contributed by atoms with Crippen LogP contribution in [0.25, 0.3) is 0 Å². The lowest BCUT2D eigenvalue weighted by Crippen LogP contribution is -2.38. The van der Waals surface area contributed by atoms with E-state index in [4.69, 9.17) is 4.74 Å². The number of hydrogen-bond donors (Lipinski definition) is 1. The second kappa shape index (κ2) is 8.06. The summed E-state index contributed by atoms with van der Waals surface area (Å²) < 4.78 is 57.7. The van der Waals surface area contributed by atoms with Crippen molar-refractivity contribution in [3.05, 3.63) is 77.1 Å². The maximum Gasteiger partial charge on any atom is 0.419 e. The van der Waals surface area contributed by atoms with Crippen LogP contribution in [-0.2, 0) is 12.6 Å². The first kappa shape index (κ1) is 21.2. The zero-order valence-corrected chi connectivity index (χ0v) is 17.3. The topological polar surface area (TPSA) is 54.5 Å². The molecule has 2 heterocycles. The molecular weight excluding hydrogens is 438 g/mol. The summed E-state index contributed by atoms with van der Waals surface area (Å²) in [5, 5.41) is 3.31. The molecule has 0 spiro atoms. The van der Waals surface area contributed by atoms with Crippen molar-refractivity contribution in [2.24, 2.45) is 0 Å². The van der Waals surface area contributed by atoms with Gasteiger partial charge in [-0.3, -0.25) is 9.69 Å². The molecule has 1 amide bonds. The van der Waals surface area contributed by atoms with Crippen LogP contribution in [0.4, 0.5) is 29.2 Å². The van der Waals surface area contributed by atoms with Crippen molar-refractivity contribution in [2.75, 3.05) is 16.8 Å². The highest BCUT2D eigenvalue weighted by molar-refractivity contribution is 6.08. The molecule has 1 N–H and O–H groups in total. The fraction of sp³-hybridized carbons (Fsp3) is 0.250. The van der Waals surface area contributed by atoms with Gasteiger partial charge in [-0.15, -0.1) is 0 Å². The van der Waals surface area contributed by atoms with Crippen molar-refractivity contribution in [1.82, 2.24) is 4.98 Å². The largest absolute Gasteiger partial charge is 0.457 e. The number of carbonyl (C=O) groups excluding carboxylic acids is 1. The van der Waals surface area contributed by atoms with Crippen molar-refractivity contribution in [3.63, 3.8) is 0 Å². The van der Waals surface area contributed by atoms with Crippen molar-refractivity contribution >= 4 is 17.5 Å². The van der Waals surface area contributed by atoms with Gasteiger partial charge in [0.25, 0.3) is 5.91 Å². The number of anilines is 2. The molecule has 1 aliphatic heterocycles. The molecule has 0 bridgehead atoms. The molecule has 33 heavy (non-hydrogen) atoms. The van der Waals surface area contributed by atoms with Crippen LogP contribution in [-0.4, -0.2) is 23.5 Å². The first-order chi connectivity index (χ1) is 15.8. The summed E-state index contributed by atoms with van der Waals surface area (Å²) in [6.45, 7) is 0.468.